The summed E-state index contributed by atoms with van der Waals surface area (Å²) in [7, 11) is 1.71. The fraction of sp³-hybridized carbons (Fsp3) is 0.318. The van der Waals surface area contributed by atoms with Crippen LogP contribution in [-0.4, -0.2) is 43.2 Å². The predicted octanol–water partition coefficient (Wildman–Crippen LogP) is 4.06. The van der Waals surface area contributed by atoms with Crippen LogP contribution in [-0.2, 0) is 13.0 Å². The molecule has 0 spiro atoms. The first-order valence-electron chi connectivity index (χ1n) is 9.39. The molecule has 2 aromatic carbocycles. The summed E-state index contributed by atoms with van der Waals surface area (Å²) < 4.78 is 5.25. The minimum absolute atomic E-state index is 0.909. The van der Waals surface area contributed by atoms with E-state index in [1.165, 1.54) is 22.0 Å². The number of benzene rings is 2. The highest BCUT2D eigenvalue weighted by Crippen LogP contribution is 2.21. The summed E-state index contributed by atoms with van der Waals surface area (Å²) in [4.78, 5) is 9.79. The lowest BCUT2D eigenvalue weighted by Gasteiger charge is -2.35. The van der Waals surface area contributed by atoms with E-state index in [4.69, 9.17) is 9.72 Å². The maximum atomic E-state index is 5.25. The summed E-state index contributed by atoms with van der Waals surface area (Å²) in [5.74, 6) is 0.909. The Morgan fingerprint density at radius 1 is 0.963 bits per heavy atom. The molecule has 2 heterocycles. The van der Waals surface area contributed by atoms with Gasteiger partial charge < -0.3 is 9.64 Å². The number of thiazole rings is 1. The van der Waals surface area contributed by atoms with Gasteiger partial charge in [0.15, 0.2) is 0 Å². The topological polar surface area (TPSA) is 28.6 Å². The monoisotopic (exact) mass is 379 g/mol. The molecule has 1 aliphatic rings. The summed E-state index contributed by atoms with van der Waals surface area (Å²) in [5, 5.41) is 3.42. The molecule has 0 saturated carbocycles. The zero-order valence-corrected chi connectivity index (χ0v) is 16.5. The van der Waals surface area contributed by atoms with Crippen molar-refractivity contribution < 1.29 is 4.74 Å². The van der Waals surface area contributed by atoms with Crippen molar-refractivity contribution in [2.45, 2.75) is 13.0 Å². The van der Waals surface area contributed by atoms with Crippen LogP contribution in [0.25, 0.3) is 0 Å². The maximum Gasteiger partial charge on any atom is 0.119 e. The Balaban J connectivity index is 1.29. The van der Waals surface area contributed by atoms with E-state index < -0.39 is 0 Å². The number of aromatic nitrogens is 1. The van der Waals surface area contributed by atoms with Gasteiger partial charge in [0, 0.05) is 50.2 Å². The fourth-order valence-corrected chi connectivity index (χ4v) is 4.28. The molecule has 27 heavy (non-hydrogen) atoms. The first kappa shape index (κ1) is 18.0. The molecular formula is C22H25N3OS. The van der Waals surface area contributed by atoms with Crippen LogP contribution in [0.15, 0.2) is 60.0 Å². The van der Waals surface area contributed by atoms with E-state index in [-0.39, 0.29) is 0 Å². The summed E-state index contributed by atoms with van der Waals surface area (Å²) >= 11 is 1.77. The van der Waals surface area contributed by atoms with Crippen LogP contribution in [0.3, 0.4) is 0 Å². The van der Waals surface area contributed by atoms with Gasteiger partial charge in [0.1, 0.15) is 5.75 Å². The van der Waals surface area contributed by atoms with Crippen molar-refractivity contribution in [1.82, 2.24) is 9.88 Å². The average molecular weight is 380 g/mol. The van der Waals surface area contributed by atoms with Gasteiger partial charge in [0.2, 0.25) is 0 Å². The van der Waals surface area contributed by atoms with Crippen LogP contribution < -0.4 is 9.64 Å². The SMILES string of the molecule is COc1ccc(N2CCN(Cc3csc(Cc4ccccc4)n3)CC2)cc1. The smallest absolute Gasteiger partial charge is 0.119 e. The van der Waals surface area contributed by atoms with Crippen molar-refractivity contribution in [3.63, 3.8) is 0 Å². The third-order valence-corrected chi connectivity index (χ3v) is 5.89. The van der Waals surface area contributed by atoms with E-state index in [2.05, 4.69) is 57.6 Å². The lowest BCUT2D eigenvalue weighted by Crippen LogP contribution is -2.46. The largest absolute Gasteiger partial charge is 0.497 e. The number of methoxy groups -OCH3 is 1. The molecule has 1 saturated heterocycles. The molecule has 3 aromatic rings. The van der Waals surface area contributed by atoms with Crippen LogP contribution in [0.2, 0.25) is 0 Å². The number of piperazine rings is 1. The molecule has 140 valence electrons. The zero-order chi connectivity index (χ0) is 18.5. The molecule has 0 bridgehead atoms. The van der Waals surface area contributed by atoms with Gasteiger partial charge in [-0.3, -0.25) is 4.90 Å². The molecular weight excluding hydrogens is 354 g/mol. The molecule has 0 amide bonds. The van der Waals surface area contributed by atoms with Gasteiger partial charge in [-0.15, -0.1) is 11.3 Å². The Bertz CT molecular complexity index is 840. The molecule has 5 heteroatoms. The van der Waals surface area contributed by atoms with E-state index in [1.807, 2.05) is 12.1 Å². The van der Waals surface area contributed by atoms with Crippen molar-refractivity contribution in [3.05, 3.63) is 76.2 Å². The number of rotatable bonds is 6. The molecule has 4 nitrogen and oxygen atoms in total. The molecule has 1 fully saturated rings. The van der Waals surface area contributed by atoms with Crippen LogP contribution in [0.4, 0.5) is 5.69 Å². The number of hydrogen-bond acceptors (Lipinski definition) is 5. The Morgan fingerprint density at radius 2 is 1.70 bits per heavy atom. The van der Waals surface area contributed by atoms with Gasteiger partial charge in [-0.05, 0) is 29.8 Å². The van der Waals surface area contributed by atoms with Gasteiger partial charge in [0.25, 0.3) is 0 Å². The molecule has 1 aliphatic heterocycles. The first-order chi connectivity index (χ1) is 13.3. The van der Waals surface area contributed by atoms with Crippen LogP contribution in [0, 0.1) is 0 Å². The van der Waals surface area contributed by atoms with E-state index in [1.54, 1.807) is 18.4 Å². The minimum Gasteiger partial charge on any atom is -0.497 e. The van der Waals surface area contributed by atoms with Crippen LogP contribution >= 0.6 is 11.3 Å². The van der Waals surface area contributed by atoms with Crippen molar-refractivity contribution in [2.24, 2.45) is 0 Å². The summed E-state index contributed by atoms with van der Waals surface area (Å²) in [6.45, 7) is 5.18. The van der Waals surface area contributed by atoms with Gasteiger partial charge in [-0.1, -0.05) is 30.3 Å². The quantitative estimate of drug-likeness (QED) is 0.646. The lowest BCUT2D eigenvalue weighted by molar-refractivity contribution is 0.247. The highest BCUT2D eigenvalue weighted by atomic mass is 32.1. The van der Waals surface area contributed by atoms with Crippen LogP contribution in [0.1, 0.15) is 16.3 Å². The Labute approximate surface area is 165 Å². The summed E-state index contributed by atoms with van der Waals surface area (Å²) in [5.41, 5.74) is 3.80. The van der Waals surface area contributed by atoms with Crippen molar-refractivity contribution in [3.8, 4) is 5.75 Å². The zero-order valence-electron chi connectivity index (χ0n) is 15.7. The second kappa shape index (κ2) is 8.55. The van der Waals surface area contributed by atoms with Crippen LogP contribution in [0.5, 0.6) is 5.75 Å². The second-order valence-corrected chi connectivity index (χ2v) is 7.80. The number of anilines is 1. The molecule has 0 unspecified atom stereocenters. The molecule has 0 N–H and O–H groups in total. The Kier molecular flexibility index (Phi) is 5.70. The average Bonchev–Trinajstić information content (AvgIpc) is 3.16. The highest BCUT2D eigenvalue weighted by Gasteiger charge is 2.18. The van der Waals surface area contributed by atoms with E-state index in [0.717, 1.165) is 44.9 Å². The maximum absolute atomic E-state index is 5.25. The van der Waals surface area contributed by atoms with Crippen molar-refractivity contribution >= 4 is 17.0 Å². The van der Waals surface area contributed by atoms with Crippen molar-refractivity contribution in [2.75, 3.05) is 38.2 Å². The third-order valence-electron chi connectivity index (χ3n) is 4.99. The Morgan fingerprint density at radius 3 is 2.41 bits per heavy atom. The molecule has 0 radical (unpaired) electrons. The third kappa shape index (κ3) is 4.67. The molecule has 4 rings (SSSR count). The van der Waals surface area contributed by atoms with Gasteiger partial charge in [-0.2, -0.15) is 0 Å². The number of hydrogen-bond donors (Lipinski definition) is 0. The second-order valence-electron chi connectivity index (χ2n) is 6.86. The van der Waals surface area contributed by atoms with E-state index in [9.17, 15) is 0 Å². The van der Waals surface area contributed by atoms with Gasteiger partial charge in [0.05, 0.1) is 17.8 Å². The van der Waals surface area contributed by atoms with E-state index >= 15 is 0 Å². The Hall–Kier alpha value is -2.37. The minimum atomic E-state index is 0.909. The van der Waals surface area contributed by atoms with Gasteiger partial charge >= 0.3 is 0 Å². The molecule has 0 atom stereocenters. The molecule has 1 aromatic heterocycles. The lowest BCUT2D eigenvalue weighted by atomic mass is 10.2. The predicted molar refractivity (Wildman–Crippen MR) is 112 cm³/mol. The van der Waals surface area contributed by atoms with Gasteiger partial charge in [-0.25, -0.2) is 4.98 Å². The fourth-order valence-electron chi connectivity index (χ4n) is 3.46. The van der Waals surface area contributed by atoms with Crippen molar-refractivity contribution in [1.29, 1.82) is 0 Å². The first-order valence-corrected chi connectivity index (χ1v) is 10.3. The normalized spacial score (nSPS) is 15.1. The molecule has 0 aliphatic carbocycles. The summed E-state index contributed by atoms with van der Waals surface area (Å²) in [6, 6.07) is 18.9. The summed E-state index contributed by atoms with van der Waals surface area (Å²) in [6.07, 6.45) is 0.927. The standard InChI is InChI=1S/C22H25N3OS/c1-26-21-9-7-20(8-10-21)25-13-11-24(12-14-25)16-19-17-27-22(23-19)15-18-5-3-2-4-6-18/h2-10,17H,11-16H2,1H3. The van der Waals surface area contributed by atoms with E-state index in [0.29, 0.717) is 0 Å². The highest BCUT2D eigenvalue weighted by molar-refractivity contribution is 7.09. The number of nitrogens with zero attached hydrogens (tertiary/aromatic N) is 3. The number of ether oxygens (including phenoxy) is 1.